The van der Waals surface area contributed by atoms with Crippen LogP contribution in [0.15, 0.2) is 4.47 Å². The maximum Gasteiger partial charge on any atom is 0.406 e. The van der Waals surface area contributed by atoms with E-state index >= 15 is 0 Å². The van der Waals surface area contributed by atoms with Gasteiger partial charge < -0.3 is 5.11 Å². The summed E-state index contributed by atoms with van der Waals surface area (Å²) in [5.74, 6) is -1.81. The van der Waals surface area contributed by atoms with Crippen LogP contribution in [0.1, 0.15) is 17.8 Å². The van der Waals surface area contributed by atoms with Crippen molar-refractivity contribution in [2.24, 2.45) is 12.5 Å². The number of aromatic nitrogens is 2. The molecule has 2 rings (SSSR count). The van der Waals surface area contributed by atoms with E-state index in [9.17, 15) is 18.0 Å². The number of likely N-dealkylation sites (tertiary alicyclic amines) is 1. The molecule has 0 aromatic carbocycles. The SMILES string of the molecule is Cc1nn(C)c(CN2CCC(C(=O)O)(C(F)(F)F)C2)c1Br. The molecule has 1 aliphatic heterocycles. The molecular weight excluding hydrogens is 355 g/mol. The van der Waals surface area contributed by atoms with Gasteiger partial charge in [-0.25, -0.2) is 0 Å². The topological polar surface area (TPSA) is 58.4 Å². The van der Waals surface area contributed by atoms with Crippen LogP contribution in [-0.2, 0) is 18.4 Å². The van der Waals surface area contributed by atoms with Crippen LogP contribution in [0.5, 0.6) is 0 Å². The van der Waals surface area contributed by atoms with Gasteiger partial charge in [-0.05, 0) is 29.3 Å². The van der Waals surface area contributed by atoms with Crippen LogP contribution in [0, 0.1) is 12.3 Å². The Morgan fingerprint density at radius 2 is 2.14 bits per heavy atom. The zero-order valence-electron chi connectivity index (χ0n) is 11.5. The van der Waals surface area contributed by atoms with Gasteiger partial charge >= 0.3 is 12.1 Å². The highest BCUT2D eigenvalue weighted by molar-refractivity contribution is 9.10. The molecule has 0 saturated carbocycles. The number of nitrogens with zero attached hydrogens (tertiary/aromatic N) is 3. The van der Waals surface area contributed by atoms with Gasteiger partial charge in [0.2, 0.25) is 0 Å². The van der Waals surface area contributed by atoms with Gasteiger partial charge in [0.25, 0.3) is 0 Å². The van der Waals surface area contributed by atoms with Crippen molar-refractivity contribution in [3.8, 4) is 0 Å². The molecule has 0 aliphatic carbocycles. The standard InChI is InChI=1S/C12H15BrF3N3O2/c1-7-9(13)8(18(2)17-7)5-19-4-3-11(6-19,10(20)21)12(14,15)16/h3-6H2,1-2H3,(H,20,21). The summed E-state index contributed by atoms with van der Waals surface area (Å²) < 4.78 is 41.7. The predicted molar refractivity (Wildman–Crippen MR) is 71.7 cm³/mol. The fraction of sp³-hybridized carbons (Fsp3) is 0.667. The Bertz CT molecular complexity index is 573. The molecule has 0 spiro atoms. The predicted octanol–water partition coefficient (Wildman–Crippen LogP) is 2.33. The van der Waals surface area contributed by atoms with E-state index in [0.717, 1.165) is 15.9 Å². The van der Waals surface area contributed by atoms with Gasteiger partial charge in [0.15, 0.2) is 5.41 Å². The lowest BCUT2D eigenvalue weighted by atomic mass is 9.86. The van der Waals surface area contributed by atoms with Crippen LogP contribution in [0.25, 0.3) is 0 Å². The number of carboxylic acid groups (broad SMARTS) is 1. The van der Waals surface area contributed by atoms with Crippen LogP contribution >= 0.6 is 15.9 Å². The van der Waals surface area contributed by atoms with Crippen LogP contribution in [0.3, 0.4) is 0 Å². The summed E-state index contributed by atoms with van der Waals surface area (Å²) in [5, 5.41) is 13.2. The summed E-state index contributed by atoms with van der Waals surface area (Å²) in [7, 11) is 1.71. The lowest BCUT2D eigenvalue weighted by molar-refractivity contribution is -0.227. The number of aliphatic carboxylic acids is 1. The van der Waals surface area contributed by atoms with Gasteiger partial charge in [0.1, 0.15) is 0 Å². The van der Waals surface area contributed by atoms with Crippen LogP contribution in [0.4, 0.5) is 13.2 Å². The molecule has 1 saturated heterocycles. The minimum absolute atomic E-state index is 0.0858. The molecule has 2 heterocycles. The third-order valence-electron chi connectivity index (χ3n) is 3.94. The Morgan fingerprint density at radius 1 is 1.52 bits per heavy atom. The minimum atomic E-state index is -4.76. The third kappa shape index (κ3) is 2.68. The molecule has 1 aromatic heterocycles. The van der Waals surface area contributed by atoms with E-state index < -0.39 is 30.5 Å². The largest absolute Gasteiger partial charge is 0.481 e. The van der Waals surface area contributed by atoms with E-state index in [0.29, 0.717) is 0 Å². The van der Waals surface area contributed by atoms with E-state index in [1.54, 1.807) is 18.7 Å². The van der Waals surface area contributed by atoms with E-state index in [-0.39, 0.29) is 13.1 Å². The monoisotopic (exact) mass is 369 g/mol. The molecule has 118 valence electrons. The quantitative estimate of drug-likeness (QED) is 0.888. The second-order valence-electron chi connectivity index (χ2n) is 5.32. The first-order valence-corrected chi connectivity index (χ1v) is 7.08. The molecule has 1 aromatic rings. The second-order valence-corrected chi connectivity index (χ2v) is 6.11. The Morgan fingerprint density at radius 3 is 2.52 bits per heavy atom. The fourth-order valence-electron chi connectivity index (χ4n) is 2.61. The molecule has 1 N–H and O–H groups in total. The fourth-order valence-corrected chi connectivity index (χ4v) is 3.08. The number of hydrogen-bond donors (Lipinski definition) is 1. The van der Waals surface area contributed by atoms with Gasteiger partial charge in [0, 0.05) is 26.7 Å². The number of carboxylic acids is 1. The zero-order chi connectivity index (χ0) is 16.0. The second kappa shape index (κ2) is 5.28. The van der Waals surface area contributed by atoms with E-state index in [1.165, 1.54) is 4.90 Å². The highest BCUT2D eigenvalue weighted by Gasteiger charge is 2.63. The highest BCUT2D eigenvalue weighted by Crippen LogP contribution is 2.46. The van der Waals surface area contributed by atoms with Crippen molar-refractivity contribution in [2.75, 3.05) is 13.1 Å². The lowest BCUT2D eigenvalue weighted by Crippen LogP contribution is -2.47. The molecule has 0 amide bonds. The molecule has 9 heteroatoms. The highest BCUT2D eigenvalue weighted by atomic mass is 79.9. The Hall–Kier alpha value is -1.09. The van der Waals surface area contributed by atoms with Crippen LogP contribution in [-0.4, -0.2) is 45.0 Å². The molecule has 21 heavy (non-hydrogen) atoms. The van der Waals surface area contributed by atoms with Gasteiger partial charge in [-0.3, -0.25) is 14.4 Å². The summed E-state index contributed by atoms with van der Waals surface area (Å²) in [6.45, 7) is 1.56. The van der Waals surface area contributed by atoms with Gasteiger partial charge in [0.05, 0.1) is 15.9 Å². The molecule has 0 radical (unpaired) electrons. The van der Waals surface area contributed by atoms with Crippen molar-refractivity contribution in [3.63, 3.8) is 0 Å². The molecule has 1 atom stereocenters. The number of halogens is 4. The van der Waals surface area contributed by atoms with Crippen molar-refractivity contribution in [1.29, 1.82) is 0 Å². The first-order chi connectivity index (χ1) is 9.58. The van der Waals surface area contributed by atoms with Crippen molar-refractivity contribution < 1.29 is 23.1 Å². The Kier molecular flexibility index (Phi) is 4.09. The normalized spacial score (nSPS) is 23.7. The molecular formula is C12H15BrF3N3O2. The van der Waals surface area contributed by atoms with Crippen molar-refractivity contribution in [2.45, 2.75) is 26.1 Å². The lowest BCUT2D eigenvalue weighted by Gasteiger charge is -2.27. The van der Waals surface area contributed by atoms with Gasteiger partial charge in [-0.1, -0.05) is 0 Å². The minimum Gasteiger partial charge on any atom is -0.481 e. The molecule has 1 fully saturated rings. The third-order valence-corrected chi connectivity index (χ3v) is 4.97. The number of aryl methyl sites for hydroxylation is 2. The van der Waals surface area contributed by atoms with Crippen molar-refractivity contribution in [1.82, 2.24) is 14.7 Å². The molecule has 1 aliphatic rings. The molecule has 1 unspecified atom stereocenters. The average molecular weight is 370 g/mol. The number of alkyl halides is 3. The zero-order valence-corrected chi connectivity index (χ0v) is 13.1. The summed E-state index contributed by atoms with van der Waals surface area (Å²) in [6, 6.07) is 0. The number of rotatable bonds is 3. The van der Waals surface area contributed by atoms with Crippen molar-refractivity contribution >= 4 is 21.9 Å². The average Bonchev–Trinajstić information content (AvgIpc) is 2.88. The van der Waals surface area contributed by atoms with Crippen molar-refractivity contribution in [3.05, 3.63) is 15.9 Å². The summed E-state index contributed by atoms with van der Waals surface area (Å²) >= 11 is 3.36. The van der Waals surface area contributed by atoms with E-state index in [2.05, 4.69) is 21.0 Å². The first-order valence-electron chi connectivity index (χ1n) is 6.29. The summed E-state index contributed by atoms with van der Waals surface area (Å²) in [4.78, 5) is 12.6. The first kappa shape index (κ1) is 16.3. The summed E-state index contributed by atoms with van der Waals surface area (Å²) in [6.07, 6.45) is -5.19. The smallest absolute Gasteiger partial charge is 0.406 e. The Balaban J connectivity index is 2.21. The van der Waals surface area contributed by atoms with E-state index in [1.807, 2.05) is 0 Å². The van der Waals surface area contributed by atoms with Gasteiger partial charge in [-0.2, -0.15) is 18.3 Å². The maximum atomic E-state index is 13.1. The van der Waals surface area contributed by atoms with Gasteiger partial charge in [-0.15, -0.1) is 0 Å². The Labute approximate surface area is 127 Å². The molecule has 0 bridgehead atoms. The maximum absolute atomic E-state index is 13.1. The number of hydrogen-bond acceptors (Lipinski definition) is 3. The van der Waals surface area contributed by atoms with E-state index in [4.69, 9.17) is 5.11 Å². The molecule has 5 nitrogen and oxygen atoms in total. The summed E-state index contributed by atoms with van der Waals surface area (Å²) in [5.41, 5.74) is -1.20. The van der Waals surface area contributed by atoms with Crippen LogP contribution < -0.4 is 0 Å². The number of carbonyl (C=O) groups is 1. The van der Waals surface area contributed by atoms with Crippen LogP contribution in [0.2, 0.25) is 0 Å².